The number of hydrogen-bond acceptors (Lipinski definition) is 1. The molecule has 0 radical (unpaired) electrons. The Hall–Kier alpha value is -2.16. The summed E-state index contributed by atoms with van der Waals surface area (Å²) in [6.07, 6.45) is 2.62. The predicted molar refractivity (Wildman–Crippen MR) is 76.9 cm³/mol. The lowest BCUT2D eigenvalue weighted by Gasteiger charge is -1.99. The van der Waals surface area contributed by atoms with Crippen LogP contribution in [0.3, 0.4) is 0 Å². The van der Waals surface area contributed by atoms with Gasteiger partial charge in [-0.3, -0.25) is 0 Å². The van der Waals surface area contributed by atoms with Crippen molar-refractivity contribution < 1.29 is 13.2 Å². The summed E-state index contributed by atoms with van der Waals surface area (Å²) in [6, 6.07) is 6.98. The first-order chi connectivity index (χ1) is 9.67. The molecule has 0 saturated heterocycles. The Morgan fingerprint density at radius 1 is 1.00 bits per heavy atom. The molecule has 1 heterocycles. The Morgan fingerprint density at radius 2 is 1.55 bits per heavy atom. The highest BCUT2D eigenvalue weighted by Gasteiger charge is 2.17. The van der Waals surface area contributed by atoms with Gasteiger partial charge in [-0.25, -0.2) is 8.78 Å². The van der Waals surface area contributed by atoms with Gasteiger partial charge in [-0.05, 0) is 36.1 Å². The lowest BCUT2D eigenvalue weighted by Crippen LogP contribution is -1.87. The molecule has 0 saturated carbocycles. The van der Waals surface area contributed by atoms with Gasteiger partial charge >= 0.3 is 0 Å². The summed E-state index contributed by atoms with van der Waals surface area (Å²) in [7, 11) is 0. The number of rotatable bonds is 3. The molecule has 0 amide bonds. The quantitative estimate of drug-likeness (QED) is 0.600. The average Bonchev–Trinajstić information content (AvgIpc) is 2.83. The number of hydrogen-bond donors (Lipinski definition) is 0. The van der Waals surface area contributed by atoms with Crippen molar-refractivity contribution in [2.24, 2.45) is 0 Å². The molecule has 2 aromatic carbocycles. The molecule has 1 aromatic heterocycles. The molecule has 3 heteroatoms. The number of benzene rings is 2. The zero-order valence-electron chi connectivity index (χ0n) is 11.2. The second-order valence-electron chi connectivity index (χ2n) is 4.78. The van der Waals surface area contributed by atoms with Crippen molar-refractivity contribution in [3.63, 3.8) is 0 Å². The fourth-order valence-corrected chi connectivity index (χ4v) is 2.51. The number of allylic oxidation sites excluding steroid dienone is 1. The lowest BCUT2D eigenvalue weighted by molar-refractivity contribution is 0.549. The minimum Gasteiger partial charge on any atom is -0.450 e. The Labute approximate surface area is 115 Å². The van der Waals surface area contributed by atoms with Gasteiger partial charge in [0.2, 0.25) is 0 Å². The minimum atomic E-state index is -0.434. The van der Waals surface area contributed by atoms with Gasteiger partial charge in [0, 0.05) is 10.8 Å². The molecule has 0 spiro atoms. The van der Waals surface area contributed by atoms with E-state index < -0.39 is 11.6 Å². The molecule has 1 nitrogen and oxygen atoms in total. The highest BCUT2D eigenvalue weighted by molar-refractivity contribution is 6.05. The monoisotopic (exact) mass is 272 g/mol. The Morgan fingerprint density at radius 3 is 2.10 bits per heavy atom. The first-order valence-corrected chi connectivity index (χ1v) is 6.59. The molecule has 0 atom stereocenters. The van der Waals surface area contributed by atoms with Crippen molar-refractivity contribution in [3.05, 3.63) is 59.7 Å². The van der Waals surface area contributed by atoms with Gasteiger partial charge in [0.15, 0.2) is 22.8 Å². The molecule has 0 bridgehead atoms. The van der Waals surface area contributed by atoms with E-state index in [9.17, 15) is 8.78 Å². The number of furan rings is 1. The van der Waals surface area contributed by atoms with Gasteiger partial charge in [0.05, 0.1) is 0 Å². The van der Waals surface area contributed by atoms with Crippen LogP contribution in [0, 0.1) is 11.6 Å². The molecule has 0 fully saturated rings. The van der Waals surface area contributed by atoms with Gasteiger partial charge in [-0.2, -0.15) is 0 Å². The molecule has 0 aliphatic carbocycles. The second kappa shape index (κ2) is 4.75. The summed E-state index contributed by atoms with van der Waals surface area (Å²) < 4.78 is 34.1. The highest BCUT2D eigenvalue weighted by Crippen LogP contribution is 2.34. The topological polar surface area (TPSA) is 13.1 Å². The molecule has 102 valence electrons. The predicted octanol–water partition coefficient (Wildman–Crippen LogP) is 5.16. The summed E-state index contributed by atoms with van der Waals surface area (Å²) in [5.74, 6) is -0.832. The van der Waals surface area contributed by atoms with Crippen LogP contribution < -0.4 is 0 Å². The second-order valence-corrected chi connectivity index (χ2v) is 4.78. The third kappa shape index (κ3) is 1.73. The van der Waals surface area contributed by atoms with Crippen molar-refractivity contribution in [3.8, 4) is 0 Å². The average molecular weight is 272 g/mol. The van der Waals surface area contributed by atoms with Crippen molar-refractivity contribution in [1.29, 1.82) is 0 Å². The van der Waals surface area contributed by atoms with Crippen LogP contribution in [0.5, 0.6) is 0 Å². The van der Waals surface area contributed by atoms with Crippen molar-refractivity contribution in [1.82, 2.24) is 0 Å². The van der Waals surface area contributed by atoms with Crippen LogP contribution in [0.15, 0.2) is 41.3 Å². The molecular formula is C17H14F2O. The molecule has 3 rings (SSSR count). The Bertz CT molecular complexity index is 815. The van der Waals surface area contributed by atoms with Gasteiger partial charge in [0.1, 0.15) is 0 Å². The fraction of sp³-hybridized carbons (Fsp3) is 0.176. The van der Waals surface area contributed by atoms with E-state index in [0.29, 0.717) is 34.7 Å². The minimum absolute atomic E-state index is 0.117. The maximum atomic E-state index is 14.3. The third-order valence-electron chi connectivity index (χ3n) is 3.59. The molecule has 0 aliphatic rings. The smallest absolute Gasteiger partial charge is 0.171 e. The summed E-state index contributed by atoms with van der Waals surface area (Å²) in [4.78, 5) is 0. The van der Waals surface area contributed by atoms with E-state index in [1.165, 1.54) is 0 Å². The number of aryl methyl sites for hydroxylation is 1. The first-order valence-electron chi connectivity index (χ1n) is 6.59. The molecule has 0 N–H and O–H groups in total. The van der Waals surface area contributed by atoms with Gasteiger partial charge in [-0.15, -0.1) is 6.58 Å². The largest absolute Gasteiger partial charge is 0.450 e. The maximum absolute atomic E-state index is 14.3. The van der Waals surface area contributed by atoms with Crippen LogP contribution in [0.25, 0.3) is 21.9 Å². The zero-order chi connectivity index (χ0) is 14.3. The highest BCUT2D eigenvalue weighted by atomic mass is 19.1. The van der Waals surface area contributed by atoms with Crippen LogP contribution in [-0.4, -0.2) is 0 Å². The molecule has 0 aliphatic heterocycles. The lowest BCUT2D eigenvalue weighted by atomic mass is 10.1. The number of halogens is 2. The molecule has 20 heavy (non-hydrogen) atoms. The SMILES string of the molecule is C=CCc1ccc2c(oc3c(F)c(CC)ccc32)c1F. The van der Waals surface area contributed by atoms with Gasteiger partial charge in [-0.1, -0.05) is 25.1 Å². The van der Waals surface area contributed by atoms with Gasteiger partial charge in [0.25, 0.3) is 0 Å². The van der Waals surface area contributed by atoms with E-state index in [-0.39, 0.29) is 11.2 Å². The summed E-state index contributed by atoms with van der Waals surface area (Å²) in [5, 5.41) is 1.21. The maximum Gasteiger partial charge on any atom is 0.171 e. The van der Waals surface area contributed by atoms with E-state index >= 15 is 0 Å². The third-order valence-corrected chi connectivity index (χ3v) is 3.59. The van der Waals surface area contributed by atoms with E-state index in [0.717, 1.165) is 0 Å². The van der Waals surface area contributed by atoms with E-state index in [1.54, 1.807) is 30.3 Å². The first kappa shape index (κ1) is 12.9. The Kier molecular flexibility index (Phi) is 3.05. The fourth-order valence-electron chi connectivity index (χ4n) is 2.51. The van der Waals surface area contributed by atoms with E-state index in [4.69, 9.17) is 4.42 Å². The summed E-state index contributed by atoms with van der Waals surface area (Å²) >= 11 is 0. The van der Waals surface area contributed by atoms with E-state index in [2.05, 4.69) is 6.58 Å². The van der Waals surface area contributed by atoms with Crippen LogP contribution in [0.2, 0.25) is 0 Å². The summed E-state index contributed by atoms with van der Waals surface area (Å²) in [6.45, 7) is 5.47. The van der Waals surface area contributed by atoms with E-state index in [1.807, 2.05) is 6.92 Å². The van der Waals surface area contributed by atoms with Crippen molar-refractivity contribution in [2.45, 2.75) is 19.8 Å². The van der Waals surface area contributed by atoms with Crippen LogP contribution in [0.1, 0.15) is 18.1 Å². The van der Waals surface area contributed by atoms with Gasteiger partial charge < -0.3 is 4.42 Å². The normalized spacial score (nSPS) is 11.3. The standard InChI is InChI=1S/C17H14F2O/c1-3-5-11-7-9-13-12-8-6-10(4-2)14(18)16(12)20-17(13)15(11)19/h3,6-9H,1,4-5H2,2H3. The van der Waals surface area contributed by atoms with Crippen LogP contribution >= 0.6 is 0 Å². The zero-order valence-corrected chi connectivity index (χ0v) is 11.2. The van der Waals surface area contributed by atoms with Crippen LogP contribution in [-0.2, 0) is 12.8 Å². The summed E-state index contributed by atoms with van der Waals surface area (Å²) in [5.41, 5.74) is 1.33. The van der Waals surface area contributed by atoms with Crippen molar-refractivity contribution in [2.75, 3.05) is 0 Å². The number of fused-ring (bicyclic) bond motifs is 3. The molecular weight excluding hydrogens is 258 g/mol. The molecule has 0 unspecified atom stereocenters. The van der Waals surface area contributed by atoms with Crippen molar-refractivity contribution >= 4 is 21.9 Å². The van der Waals surface area contributed by atoms with Crippen LogP contribution in [0.4, 0.5) is 8.78 Å². The Balaban J connectivity index is 2.38. The molecule has 3 aromatic rings.